The second kappa shape index (κ2) is 8.71. The number of fused-ring (bicyclic) bond motifs is 1. The van der Waals surface area contributed by atoms with Gasteiger partial charge in [0.25, 0.3) is 5.91 Å². The van der Waals surface area contributed by atoms with Gasteiger partial charge < -0.3 is 20.5 Å². The largest absolute Gasteiger partial charge is 0.415 e. The molecule has 1 amide bonds. The second-order valence-electron chi connectivity index (χ2n) is 6.99. The Balaban J connectivity index is 1.59. The molecule has 0 saturated carbocycles. The minimum absolute atomic E-state index is 0.0345. The van der Waals surface area contributed by atoms with Gasteiger partial charge >= 0.3 is 6.61 Å². The topological polar surface area (TPSA) is 112 Å². The van der Waals surface area contributed by atoms with E-state index < -0.39 is 29.8 Å². The molecule has 2 aliphatic rings. The number of aliphatic imine (C=N–C) groups is 1. The van der Waals surface area contributed by atoms with Crippen molar-refractivity contribution in [1.29, 1.82) is 0 Å². The number of thioether (sulfide) groups is 1. The van der Waals surface area contributed by atoms with Crippen LogP contribution < -0.4 is 15.8 Å². The third kappa shape index (κ3) is 4.44. The van der Waals surface area contributed by atoms with Crippen molar-refractivity contribution >= 4 is 28.5 Å². The number of aromatic nitrogens is 2. The van der Waals surface area contributed by atoms with Crippen molar-refractivity contribution in [3.05, 3.63) is 47.7 Å². The number of nitrogens with two attached hydrogens (primary N) is 1. The van der Waals surface area contributed by atoms with Gasteiger partial charge in [0.15, 0.2) is 5.17 Å². The molecule has 0 aliphatic carbocycles. The lowest BCUT2D eigenvalue weighted by Gasteiger charge is -2.43. The summed E-state index contributed by atoms with van der Waals surface area (Å²) in [6.07, 6.45) is 2.63. The Morgan fingerprint density at radius 1 is 1.35 bits per heavy atom. The summed E-state index contributed by atoms with van der Waals surface area (Å²) >= 11 is 1.43. The maximum absolute atomic E-state index is 14.9. The van der Waals surface area contributed by atoms with Crippen LogP contribution in [-0.2, 0) is 10.3 Å². The Hall–Kier alpha value is -2.86. The molecular formula is C19H18F3N5O3S. The lowest BCUT2D eigenvalue weighted by Crippen LogP contribution is -2.48. The van der Waals surface area contributed by atoms with Gasteiger partial charge in [-0.25, -0.2) is 19.4 Å². The molecular weight excluding hydrogens is 435 g/mol. The predicted molar refractivity (Wildman–Crippen MR) is 108 cm³/mol. The van der Waals surface area contributed by atoms with Gasteiger partial charge in [-0.2, -0.15) is 8.78 Å². The molecule has 1 fully saturated rings. The number of hydrogen-bond donors (Lipinski definition) is 2. The van der Waals surface area contributed by atoms with Gasteiger partial charge in [0.05, 0.1) is 19.0 Å². The van der Waals surface area contributed by atoms with Crippen LogP contribution in [0, 0.1) is 11.7 Å². The van der Waals surface area contributed by atoms with Gasteiger partial charge in [-0.3, -0.25) is 4.79 Å². The molecule has 1 aromatic carbocycles. The number of hydrogen-bond acceptors (Lipinski definition) is 8. The van der Waals surface area contributed by atoms with Crippen LogP contribution in [0.4, 0.5) is 18.9 Å². The van der Waals surface area contributed by atoms with E-state index in [0.29, 0.717) is 29.6 Å². The SMILES string of the molecule is NC1=N[C@@]2(c3cc(NC(=O)c4cnc(OC(F)F)cn4)ccc3F)COCC[C@H]2CS1. The number of ether oxygens (including phenoxy) is 2. The highest BCUT2D eigenvalue weighted by atomic mass is 32.2. The van der Waals surface area contributed by atoms with Gasteiger partial charge in [-0.05, 0) is 24.6 Å². The highest BCUT2D eigenvalue weighted by Gasteiger charge is 2.47. The summed E-state index contributed by atoms with van der Waals surface area (Å²) in [6, 6.07) is 4.14. The number of amides is 1. The summed E-state index contributed by atoms with van der Waals surface area (Å²) in [5.41, 5.74) is 5.44. The average Bonchev–Trinajstić information content (AvgIpc) is 2.75. The number of alkyl halides is 2. The van der Waals surface area contributed by atoms with Crippen LogP contribution in [0.1, 0.15) is 22.5 Å². The molecule has 31 heavy (non-hydrogen) atoms. The standard InChI is InChI=1S/C19H18F3N5O3S/c20-13-2-1-11(26-16(28)14-6-25-15(7-24-14)30-17(21)22)5-12(13)19-9-29-4-3-10(19)8-31-18(23)27-19/h1-2,5-7,10,17H,3-4,8-9H2,(H2,23,27)(H,26,28)/t10-,19-/m0/s1. The maximum atomic E-state index is 14.9. The minimum atomic E-state index is -3.05. The Labute approximate surface area is 179 Å². The molecule has 2 aromatic rings. The van der Waals surface area contributed by atoms with E-state index in [1.807, 2.05) is 0 Å². The van der Waals surface area contributed by atoms with Crippen molar-refractivity contribution in [2.75, 3.05) is 24.3 Å². The van der Waals surface area contributed by atoms with E-state index in [2.05, 4.69) is 25.0 Å². The number of anilines is 1. The first-order valence-electron chi connectivity index (χ1n) is 9.31. The molecule has 1 aromatic heterocycles. The fraction of sp³-hybridized carbons (Fsp3) is 0.368. The zero-order chi connectivity index (χ0) is 22.0. The van der Waals surface area contributed by atoms with Crippen LogP contribution in [0.25, 0.3) is 0 Å². The quantitative estimate of drug-likeness (QED) is 0.716. The molecule has 0 spiro atoms. The van der Waals surface area contributed by atoms with Crippen molar-refractivity contribution in [3.8, 4) is 5.88 Å². The van der Waals surface area contributed by atoms with Crippen LogP contribution in [0.3, 0.4) is 0 Å². The fourth-order valence-electron chi connectivity index (χ4n) is 3.64. The maximum Gasteiger partial charge on any atom is 0.388 e. The zero-order valence-electron chi connectivity index (χ0n) is 16.1. The van der Waals surface area contributed by atoms with E-state index in [1.54, 1.807) is 0 Å². The Bertz CT molecular complexity index is 1010. The number of amidine groups is 1. The lowest BCUT2D eigenvalue weighted by atomic mass is 9.76. The van der Waals surface area contributed by atoms with E-state index in [4.69, 9.17) is 10.5 Å². The molecule has 0 bridgehead atoms. The van der Waals surface area contributed by atoms with Gasteiger partial charge in [0.2, 0.25) is 5.88 Å². The first-order valence-corrected chi connectivity index (χ1v) is 10.3. The van der Waals surface area contributed by atoms with Crippen LogP contribution in [-0.4, -0.2) is 46.6 Å². The summed E-state index contributed by atoms with van der Waals surface area (Å²) < 4.78 is 49.0. The number of nitrogens with zero attached hydrogens (tertiary/aromatic N) is 3. The van der Waals surface area contributed by atoms with Crippen LogP contribution >= 0.6 is 11.8 Å². The molecule has 164 valence electrons. The highest BCUT2D eigenvalue weighted by Crippen LogP contribution is 2.45. The third-order valence-corrected chi connectivity index (χ3v) is 6.07. The first-order chi connectivity index (χ1) is 14.9. The normalized spacial score (nSPS) is 23.1. The van der Waals surface area contributed by atoms with E-state index in [0.717, 1.165) is 12.4 Å². The third-order valence-electron chi connectivity index (χ3n) is 5.11. The molecule has 3 N–H and O–H groups in total. The van der Waals surface area contributed by atoms with Crippen molar-refractivity contribution in [1.82, 2.24) is 9.97 Å². The summed E-state index contributed by atoms with van der Waals surface area (Å²) in [6.45, 7) is -2.30. The number of benzene rings is 1. The molecule has 0 radical (unpaired) electrons. The average molecular weight is 453 g/mol. The van der Waals surface area contributed by atoms with Crippen molar-refractivity contribution < 1.29 is 27.4 Å². The van der Waals surface area contributed by atoms with Gasteiger partial charge in [0, 0.05) is 29.5 Å². The van der Waals surface area contributed by atoms with Crippen molar-refractivity contribution in [2.24, 2.45) is 16.6 Å². The highest BCUT2D eigenvalue weighted by molar-refractivity contribution is 8.13. The number of carbonyl (C=O) groups excluding carboxylic acids is 1. The summed E-state index contributed by atoms with van der Waals surface area (Å²) in [7, 11) is 0. The summed E-state index contributed by atoms with van der Waals surface area (Å²) in [4.78, 5) is 24.4. The van der Waals surface area contributed by atoms with E-state index in [9.17, 15) is 18.0 Å². The Morgan fingerprint density at radius 3 is 2.94 bits per heavy atom. The zero-order valence-corrected chi connectivity index (χ0v) is 16.9. The first kappa shape index (κ1) is 21.4. The predicted octanol–water partition coefficient (Wildman–Crippen LogP) is 2.76. The Kier molecular flexibility index (Phi) is 6.01. The van der Waals surface area contributed by atoms with Crippen molar-refractivity contribution in [2.45, 2.75) is 18.6 Å². The van der Waals surface area contributed by atoms with Gasteiger partial charge in [-0.1, -0.05) is 11.8 Å². The van der Waals surface area contributed by atoms with E-state index in [1.165, 1.54) is 30.0 Å². The monoisotopic (exact) mass is 453 g/mol. The minimum Gasteiger partial charge on any atom is -0.415 e. The lowest BCUT2D eigenvalue weighted by molar-refractivity contribution is -0.0531. The molecule has 8 nitrogen and oxygen atoms in total. The molecule has 2 aliphatic heterocycles. The number of nitrogens with one attached hydrogen (secondary N) is 1. The molecule has 12 heteroatoms. The van der Waals surface area contributed by atoms with Crippen LogP contribution in [0.2, 0.25) is 0 Å². The fourth-order valence-corrected chi connectivity index (χ4v) is 4.68. The smallest absolute Gasteiger partial charge is 0.388 e. The van der Waals surface area contributed by atoms with Gasteiger partial charge in [0.1, 0.15) is 17.1 Å². The molecule has 1 saturated heterocycles. The van der Waals surface area contributed by atoms with Crippen molar-refractivity contribution in [3.63, 3.8) is 0 Å². The molecule has 3 heterocycles. The summed E-state index contributed by atoms with van der Waals surface area (Å²) in [5.74, 6) is -0.817. The van der Waals surface area contributed by atoms with Gasteiger partial charge in [-0.15, -0.1) is 0 Å². The molecule has 0 unspecified atom stereocenters. The number of halogens is 3. The second-order valence-corrected chi connectivity index (χ2v) is 8.03. The Morgan fingerprint density at radius 2 is 2.19 bits per heavy atom. The summed E-state index contributed by atoms with van der Waals surface area (Å²) in [5, 5.41) is 2.96. The van der Waals surface area contributed by atoms with E-state index >= 15 is 0 Å². The van der Waals surface area contributed by atoms with Crippen LogP contribution in [0.15, 0.2) is 35.6 Å². The van der Waals surface area contributed by atoms with E-state index in [-0.39, 0.29) is 23.8 Å². The molecule has 2 atom stereocenters. The van der Waals surface area contributed by atoms with Crippen LogP contribution in [0.5, 0.6) is 5.88 Å². The number of rotatable bonds is 5. The molecule has 4 rings (SSSR count). The number of carbonyl (C=O) groups is 1.